The maximum atomic E-state index is 12.8. The summed E-state index contributed by atoms with van der Waals surface area (Å²) in [5.41, 5.74) is 0.788. The summed E-state index contributed by atoms with van der Waals surface area (Å²) in [5.74, 6) is 0. The molecule has 7 heteroatoms. The number of nitrogens with zero attached hydrogens (tertiary/aromatic N) is 1. The summed E-state index contributed by atoms with van der Waals surface area (Å²) in [6.45, 7) is 0. The number of aromatic nitrogens is 1. The van der Waals surface area contributed by atoms with Crippen molar-refractivity contribution in [3.8, 4) is 11.3 Å². The van der Waals surface area contributed by atoms with E-state index in [2.05, 4.69) is 4.98 Å². The van der Waals surface area contributed by atoms with Gasteiger partial charge in [0.2, 0.25) is 0 Å². The smallest absolute Gasteiger partial charge is 0.234 e. The summed E-state index contributed by atoms with van der Waals surface area (Å²) in [4.78, 5) is 3.72. The molecule has 0 radical (unpaired) electrons. The van der Waals surface area contributed by atoms with E-state index >= 15 is 0 Å². The third kappa shape index (κ3) is 2.98. The first-order valence-corrected chi connectivity index (χ1v) is 6.88. The second-order valence-corrected chi connectivity index (χ2v) is 5.62. The molecule has 0 aliphatic carbocycles. The molecule has 2 aromatic rings. The standard InChI is InChI=1S/C11H6Cl2FNO2S/c12-8-4-7(5-9(13)6-8)10-2-1-3-11(15-10)18(14,16)17/h1-6H. The van der Waals surface area contributed by atoms with E-state index in [9.17, 15) is 12.3 Å². The summed E-state index contributed by atoms with van der Waals surface area (Å²) in [5, 5.41) is 0.122. The molecule has 94 valence electrons. The van der Waals surface area contributed by atoms with Gasteiger partial charge in [0.1, 0.15) is 0 Å². The van der Waals surface area contributed by atoms with E-state index in [-0.39, 0.29) is 5.69 Å². The molecule has 1 aromatic carbocycles. The molecule has 18 heavy (non-hydrogen) atoms. The third-order valence-electron chi connectivity index (χ3n) is 2.13. The number of benzene rings is 1. The van der Waals surface area contributed by atoms with Crippen molar-refractivity contribution in [1.29, 1.82) is 0 Å². The first-order chi connectivity index (χ1) is 8.36. The van der Waals surface area contributed by atoms with Gasteiger partial charge in [0.05, 0.1) is 5.69 Å². The fourth-order valence-corrected chi connectivity index (χ4v) is 2.39. The summed E-state index contributed by atoms with van der Waals surface area (Å²) < 4.78 is 34.4. The highest BCUT2D eigenvalue weighted by Gasteiger charge is 2.14. The average Bonchev–Trinajstić information content (AvgIpc) is 2.27. The van der Waals surface area contributed by atoms with Crippen molar-refractivity contribution in [2.75, 3.05) is 0 Å². The zero-order valence-electron chi connectivity index (χ0n) is 8.77. The normalized spacial score (nSPS) is 11.5. The molecule has 0 aliphatic rings. The van der Waals surface area contributed by atoms with Crippen molar-refractivity contribution in [2.24, 2.45) is 0 Å². The fraction of sp³-hybridized carbons (Fsp3) is 0. The van der Waals surface area contributed by atoms with E-state index in [0.29, 0.717) is 15.6 Å². The van der Waals surface area contributed by atoms with Crippen LogP contribution in [0.5, 0.6) is 0 Å². The molecule has 0 bridgehead atoms. The Morgan fingerprint density at radius 2 is 1.67 bits per heavy atom. The average molecular weight is 306 g/mol. The molecule has 3 nitrogen and oxygen atoms in total. The molecule has 1 heterocycles. The van der Waals surface area contributed by atoms with Gasteiger partial charge in [-0.25, -0.2) is 4.98 Å². The van der Waals surface area contributed by atoms with Gasteiger partial charge in [0.25, 0.3) is 0 Å². The maximum Gasteiger partial charge on any atom is 0.349 e. The second-order valence-electron chi connectivity index (χ2n) is 3.46. The minimum atomic E-state index is -4.83. The summed E-state index contributed by atoms with van der Waals surface area (Å²) >= 11 is 11.7. The Hall–Kier alpha value is -1.17. The molecule has 0 aliphatic heterocycles. The summed E-state index contributed by atoms with van der Waals surface area (Å²) in [7, 11) is -4.83. The minimum absolute atomic E-state index is 0.276. The fourth-order valence-electron chi connectivity index (χ4n) is 1.41. The lowest BCUT2D eigenvalue weighted by molar-refractivity contribution is 0.548. The molecule has 0 unspecified atom stereocenters. The van der Waals surface area contributed by atoms with Crippen LogP contribution >= 0.6 is 23.2 Å². The van der Waals surface area contributed by atoms with E-state index in [4.69, 9.17) is 23.2 Å². The van der Waals surface area contributed by atoms with Crippen molar-refractivity contribution in [1.82, 2.24) is 4.98 Å². The molecule has 0 amide bonds. The molecule has 0 spiro atoms. The van der Waals surface area contributed by atoms with Crippen LogP contribution in [0.1, 0.15) is 0 Å². The molecule has 1 aromatic heterocycles. The van der Waals surface area contributed by atoms with Gasteiger partial charge in [-0.1, -0.05) is 33.2 Å². The summed E-state index contributed by atoms with van der Waals surface area (Å²) in [6, 6.07) is 8.66. The molecule has 0 saturated carbocycles. The van der Waals surface area contributed by atoms with Crippen molar-refractivity contribution >= 4 is 33.4 Å². The number of hydrogen-bond acceptors (Lipinski definition) is 3. The van der Waals surface area contributed by atoms with Crippen molar-refractivity contribution in [3.05, 3.63) is 46.4 Å². The van der Waals surface area contributed by atoms with Crippen LogP contribution in [0.4, 0.5) is 3.89 Å². The lowest BCUT2D eigenvalue weighted by Crippen LogP contribution is -1.97. The summed E-state index contributed by atoms with van der Waals surface area (Å²) in [6.07, 6.45) is 0. The van der Waals surface area contributed by atoms with E-state index in [1.165, 1.54) is 18.2 Å². The van der Waals surface area contributed by atoms with Crippen molar-refractivity contribution in [3.63, 3.8) is 0 Å². The van der Waals surface area contributed by atoms with Gasteiger partial charge in [-0.05, 0) is 30.3 Å². The van der Waals surface area contributed by atoms with Crippen LogP contribution < -0.4 is 0 Å². The van der Waals surface area contributed by atoms with Crippen LogP contribution in [-0.2, 0) is 10.2 Å². The predicted molar refractivity (Wildman–Crippen MR) is 68.0 cm³/mol. The molecule has 0 fully saturated rings. The third-order valence-corrected chi connectivity index (χ3v) is 3.30. The molecular formula is C11H6Cl2FNO2S. The first-order valence-electron chi connectivity index (χ1n) is 4.74. The van der Waals surface area contributed by atoms with Crippen LogP contribution in [0.3, 0.4) is 0 Å². The molecule has 0 N–H and O–H groups in total. The highest BCUT2D eigenvalue weighted by Crippen LogP contribution is 2.26. The highest BCUT2D eigenvalue weighted by atomic mass is 35.5. The van der Waals surface area contributed by atoms with Gasteiger partial charge in [-0.2, -0.15) is 8.42 Å². The molecule has 0 atom stereocenters. The van der Waals surface area contributed by atoms with Crippen LogP contribution in [0, 0.1) is 0 Å². The maximum absolute atomic E-state index is 12.8. The van der Waals surface area contributed by atoms with Crippen LogP contribution in [0.25, 0.3) is 11.3 Å². The second kappa shape index (κ2) is 4.84. The van der Waals surface area contributed by atoms with Crippen LogP contribution in [0.2, 0.25) is 10.0 Å². The SMILES string of the molecule is O=S(=O)(F)c1cccc(-c2cc(Cl)cc(Cl)c2)n1. The van der Waals surface area contributed by atoms with Gasteiger partial charge in [-0.3, -0.25) is 0 Å². The van der Waals surface area contributed by atoms with Crippen LogP contribution in [-0.4, -0.2) is 13.4 Å². The van der Waals surface area contributed by atoms with E-state index in [1.54, 1.807) is 12.1 Å². The Bertz CT molecular complexity index is 684. The van der Waals surface area contributed by atoms with Gasteiger partial charge in [0, 0.05) is 15.6 Å². The number of pyridine rings is 1. The Labute approximate surface area is 113 Å². The largest absolute Gasteiger partial charge is 0.349 e. The van der Waals surface area contributed by atoms with Gasteiger partial charge in [-0.15, -0.1) is 0 Å². The zero-order chi connectivity index (χ0) is 13.3. The van der Waals surface area contributed by atoms with Crippen molar-refractivity contribution in [2.45, 2.75) is 5.03 Å². The topological polar surface area (TPSA) is 47.0 Å². The predicted octanol–water partition coefficient (Wildman–Crippen LogP) is 3.71. The molecule has 0 saturated heterocycles. The monoisotopic (exact) mass is 305 g/mol. The Balaban J connectivity index is 2.58. The molecule has 2 rings (SSSR count). The van der Waals surface area contributed by atoms with Gasteiger partial charge in [0.15, 0.2) is 5.03 Å². The Morgan fingerprint density at radius 3 is 2.22 bits per heavy atom. The molecular weight excluding hydrogens is 300 g/mol. The van der Waals surface area contributed by atoms with E-state index in [1.807, 2.05) is 0 Å². The van der Waals surface area contributed by atoms with Gasteiger partial charge < -0.3 is 0 Å². The van der Waals surface area contributed by atoms with Crippen LogP contribution in [0.15, 0.2) is 41.4 Å². The van der Waals surface area contributed by atoms with E-state index in [0.717, 1.165) is 6.07 Å². The Kier molecular flexibility index (Phi) is 3.56. The minimum Gasteiger partial charge on any atom is -0.234 e. The number of halogens is 3. The Morgan fingerprint density at radius 1 is 1.06 bits per heavy atom. The number of rotatable bonds is 2. The first kappa shape index (κ1) is 13.3. The number of hydrogen-bond donors (Lipinski definition) is 0. The van der Waals surface area contributed by atoms with Gasteiger partial charge >= 0.3 is 10.2 Å². The zero-order valence-corrected chi connectivity index (χ0v) is 11.1. The van der Waals surface area contributed by atoms with Crippen molar-refractivity contribution < 1.29 is 12.3 Å². The van der Waals surface area contributed by atoms with E-state index < -0.39 is 15.2 Å². The highest BCUT2D eigenvalue weighted by molar-refractivity contribution is 7.86. The lowest BCUT2D eigenvalue weighted by Gasteiger charge is -2.03. The quantitative estimate of drug-likeness (QED) is 0.795. The lowest BCUT2D eigenvalue weighted by atomic mass is 10.1.